The van der Waals surface area contributed by atoms with Gasteiger partial charge >= 0.3 is 5.97 Å². The van der Waals surface area contributed by atoms with E-state index in [0.29, 0.717) is 0 Å². The molecule has 20 heavy (non-hydrogen) atoms. The molecule has 0 saturated carbocycles. The SMILES string of the molecule is O=C(O)CC1=C2NC(CO)(CO)CO[C@]2(O)C(=O)C=C1. The predicted molar refractivity (Wildman–Crippen MR) is 64.4 cm³/mol. The third-order valence-corrected chi connectivity index (χ3v) is 3.32. The predicted octanol–water partition coefficient (Wildman–Crippen LogP) is -2.11. The summed E-state index contributed by atoms with van der Waals surface area (Å²) in [5, 5.41) is 40.4. The van der Waals surface area contributed by atoms with E-state index in [1.54, 1.807) is 0 Å². The molecule has 5 N–H and O–H groups in total. The van der Waals surface area contributed by atoms with Gasteiger partial charge in [0.2, 0.25) is 5.78 Å². The number of hydrogen-bond acceptors (Lipinski definition) is 7. The molecular weight excluding hydrogens is 270 g/mol. The molecule has 1 aliphatic carbocycles. The molecule has 1 saturated heterocycles. The van der Waals surface area contributed by atoms with Gasteiger partial charge in [0.25, 0.3) is 5.79 Å². The number of ether oxygens (including phenoxy) is 1. The maximum Gasteiger partial charge on any atom is 0.307 e. The van der Waals surface area contributed by atoms with E-state index in [9.17, 15) is 24.9 Å². The molecule has 1 aliphatic heterocycles. The molecule has 0 unspecified atom stereocenters. The number of carboxylic acid groups (broad SMARTS) is 1. The van der Waals surface area contributed by atoms with Crippen molar-refractivity contribution in [1.29, 1.82) is 0 Å². The summed E-state index contributed by atoms with van der Waals surface area (Å²) in [6.45, 7) is -1.33. The summed E-state index contributed by atoms with van der Waals surface area (Å²) in [6, 6.07) is 0. The van der Waals surface area contributed by atoms with Gasteiger partial charge in [-0.2, -0.15) is 0 Å². The second-order valence-corrected chi connectivity index (χ2v) is 4.82. The Hall–Kier alpha value is -1.74. The van der Waals surface area contributed by atoms with Gasteiger partial charge in [0, 0.05) is 0 Å². The van der Waals surface area contributed by atoms with Crippen LogP contribution in [0.25, 0.3) is 0 Å². The molecule has 8 nitrogen and oxygen atoms in total. The first kappa shape index (κ1) is 14.7. The van der Waals surface area contributed by atoms with Gasteiger partial charge in [0.15, 0.2) is 0 Å². The van der Waals surface area contributed by atoms with E-state index < -0.39 is 42.7 Å². The molecule has 0 bridgehead atoms. The molecule has 1 fully saturated rings. The first-order valence-electron chi connectivity index (χ1n) is 5.91. The summed E-state index contributed by atoms with van der Waals surface area (Å²) in [6.07, 6.45) is 1.86. The lowest BCUT2D eigenvalue weighted by Crippen LogP contribution is -2.67. The average Bonchev–Trinajstić information content (AvgIpc) is 2.43. The fraction of sp³-hybridized carbons (Fsp3) is 0.500. The van der Waals surface area contributed by atoms with Crippen LogP contribution in [0.15, 0.2) is 23.4 Å². The molecule has 2 aliphatic rings. The van der Waals surface area contributed by atoms with Crippen molar-refractivity contribution < 1.29 is 34.8 Å². The summed E-state index contributed by atoms with van der Waals surface area (Å²) in [4.78, 5) is 22.6. The monoisotopic (exact) mass is 285 g/mol. The molecular formula is C12H15NO7. The normalized spacial score (nSPS) is 28.1. The van der Waals surface area contributed by atoms with E-state index >= 15 is 0 Å². The van der Waals surface area contributed by atoms with Crippen molar-refractivity contribution in [3.63, 3.8) is 0 Å². The van der Waals surface area contributed by atoms with Gasteiger partial charge in [-0.15, -0.1) is 0 Å². The van der Waals surface area contributed by atoms with Crippen LogP contribution in [0, 0.1) is 0 Å². The van der Waals surface area contributed by atoms with Crippen LogP contribution in [0.5, 0.6) is 0 Å². The van der Waals surface area contributed by atoms with Crippen molar-refractivity contribution in [2.75, 3.05) is 19.8 Å². The van der Waals surface area contributed by atoms with Crippen LogP contribution in [-0.2, 0) is 14.3 Å². The molecule has 1 heterocycles. The highest BCUT2D eigenvalue weighted by Crippen LogP contribution is 2.34. The Kier molecular flexibility index (Phi) is 3.65. The molecule has 1 atom stereocenters. The Balaban J connectivity index is 2.46. The topological polar surface area (TPSA) is 136 Å². The van der Waals surface area contributed by atoms with E-state index in [-0.39, 0.29) is 17.9 Å². The van der Waals surface area contributed by atoms with Gasteiger partial charge in [-0.05, 0) is 11.6 Å². The van der Waals surface area contributed by atoms with Crippen LogP contribution in [0.2, 0.25) is 0 Å². The molecule has 0 spiro atoms. The zero-order valence-electron chi connectivity index (χ0n) is 10.5. The number of aliphatic hydroxyl groups is 3. The Morgan fingerprint density at radius 2 is 2.00 bits per heavy atom. The largest absolute Gasteiger partial charge is 0.481 e. The van der Waals surface area contributed by atoms with E-state index in [1.807, 2.05) is 0 Å². The highest BCUT2D eigenvalue weighted by atomic mass is 16.6. The number of hydrogen-bond donors (Lipinski definition) is 5. The van der Waals surface area contributed by atoms with Crippen molar-refractivity contribution in [1.82, 2.24) is 5.32 Å². The first-order valence-corrected chi connectivity index (χ1v) is 5.91. The quantitative estimate of drug-likeness (QED) is 0.396. The van der Waals surface area contributed by atoms with E-state index in [1.165, 1.54) is 6.08 Å². The summed E-state index contributed by atoms with van der Waals surface area (Å²) in [5.74, 6) is -4.20. The minimum Gasteiger partial charge on any atom is -0.481 e. The van der Waals surface area contributed by atoms with E-state index in [2.05, 4.69) is 5.32 Å². The summed E-state index contributed by atoms with van der Waals surface area (Å²) in [5.41, 5.74) is -1.29. The molecule has 0 aromatic carbocycles. The number of rotatable bonds is 4. The number of carbonyl (C=O) groups is 2. The van der Waals surface area contributed by atoms with Crippen molar-refractivity contribution in [3.8, 4) is 0 Å². The lowest BCUT2D eigenvalue weighted by molar-refractivity contribution is -0.212. The number of carboxylic acids is 1. The Morgan fingerprint density at radius 3 is 2.55 bits per heavy atom. The van der Waals surface area contributed by atoms with Crippen molar-refractivity contribution in [2.45, 2.75) is 17.7 Å². The first-order chi connectivity index (χ1) is 9.37. The fourth-order valence-electron chi connectivity index (χ4n) is 2.10. The lowest BCUT2D eigenvalue weighted by Gasteiger charge is -2.45. The summed E-state index contributed by atoms with van der Waals surface area (Å²) in [7, 11) is 0. The van der Waals surface area contributed by atoms with Gasteiger partial charge in [0.05, 0.1) is 31.9 Å². The van der Waals surface area contributed by atoms with Crippen LogP contribution in [0.4, 0.5) is 0 Å². The molecule has 0 amide bonds. The van der Waals surface area contributed by atoms with Gasteiger partial charge in [-0.25, -0.2) is 0 Å². The van der Waals surface area contributed by atoms with Crippen molar-refractivity contribution in [3.05, 3.63) is 23.4 Å². The minimum absolute atomic E-state index is 0.144. The average molecular weight is 285 g/mol. The Morgan fingerprint density at radius 1 is 1.35 bits per heavy atom. The maximum atomic E-state index is 11.8. The maximum absolute atomic E-state index is 11.8. The number of morpholine rings is 1. The molecule has 0 radical (unpaired) electrons. The van der Waals surface area contributed by atoms with Crippen LogP contribution >= 0.6 is 0 Å². The third-order valence-electron chi connectivity index (χ3n) is 3.32. The van der Waals surface area contributed by atoms with Gasteiger partial charge in [-0.3, -0.25) is 9.59 Å². The van der Waals surface area contributed by atoms with Crippen molar-refractivity contribution in [2.24, 2.45) is 0 Å². The molecule has 2 rings (SSSR count). The van der Waals surface area contributed by atoms with E-state index in [0.717, 1.165) is 6.08 Å². The molecule has 0 aromatic rings. The number of ketones is 1. The second kappa shape index (κ2) is 4.98. The van der Waals surface area contributed by atoms with Crippen LogP contribution in [0.1, 0.15) is 6.42 Å². The highest BCUT2D eigenvalue weighted by molar-refractivity contribution is 6.00. The van der Waals surface area contributed by atoms with Crippen molar-refractivity contribution >= 4 is 11.8 Å². The number of nitrogens with one attached hydrogen (secondary N) is 1. The highest BCUT2D eigenvalue weighted by Gasteiger charge is 2.51. The number of aliphatic carboxylic acids is 1. The number of fused-ring (bicyclic) bond motifs is 1. The zero-order valence-corrected chi connectivity index (χ0v) is 10.5. The minimum atomic E-state index is -2.30. The summed E-state index contributed by atoms with van der Waals surface area (Å²) >= 11 is 0. The lowest BCUT2D eigenvalue weighted by atomic mass is 9.89. The van der Waals surface area contributed by atoms with Crippen LogP contribution in [-0.4, -0.2) is 63.3 Å². The third kappa shape index (κ3) is 2.22. The van der Waals surface area contributed by atoms with Crippen LogP contribution < -0.4 is 5.32 Å². The zero-order chi connectivity index (χ0) is 15.0. The van der Waals surface area contributed by atoms with Crippen LogP contribution in [0.3, 0.4) is 0 Å². The Bertz CT molecular complexity index is 506. The van der Waals surface area contributed by atoms with Gasteiger partial charge < -0.3 is 30.5 Å². The van der Waals surface area contributed by atoms with Gasteiger partial charge in [0.1, 0.15) is 5.54 Å². The van der Waals surface area contributed by atoms with Gasteiger partial charge in [-0.1, -0.05) is 6.08 Å². The fourth-order valence-corrected chi connectivity index (χ4v) is 2.10. The molecule has 8 heteroatoms. The Labute approximate surface area is 114 Å². The summed E-state index contributed by atoms with van der Waals surface area (Å²) < 4.78 is 5.11. The molecule has 110 valence electrons. The second-order valence-electron chi connectivity index (χ2n) is 4.82. The van der Waals surface area contributed by atoms with E-state index in [4.69, 9.17) is 9.84 Å². The number of carbonyl (C=O) groups excluding carboxylic acids is 1. The smallest absolute Gasteiger partial charge is 0.307 e. The number of aliphatic hydroxyl groups excluding tert-OH is 2. The standard InChI is InChI=1S/C12H15NO7/c14-4-11(5-15)6-20-12(19)8(16)2-1-7(3-9(17)18)10(12)13-11/h1-2,13-15,19H,3-6H2,(H,17,18)/t12-/m1/s1. The molecule has 0 aromatic heterocycles. The number of allylic oxidation sites excluding steroid dienone is 1.